The molecule has 0 bridgehead atoms. The number of carbonyl (C=O) groups excluding carboxylic acids is 3. The SMILES string of the molecule is CCC(=O)Oc1ccc(C(=O)c2ccccc2)c(OC(C)=O)c1. The number of rotatable bonds is 5. The molecule has 118 valence electrons. The lowest BCUT2D eigenvalue weighted by atomic mass is 10.0. The van der Waals surface area contributed by atoms with Crippen molar-refractivity contribution in [1.29, 1.82) is 0 Å². The molecule has 0 spiro atoms. The number of esters is 2. The van der Waals surface area contributed by atoms with Gasteiger partial charge in [-0.2, -0.15) is 0 Å². The van der Waals surface area contributed by atoms with Gasteiger partial charge in [0.2, 0.25) is 0 Å². The Balaban J connectivity index is 2.40. The average Bonchev–Trinajstić information content (AvgIpc) is 2.54. The Morgan fingerprint density at radius 2 is 1.65 bits per heavy atom. The number of hydrogen-bond acceptors (Lipinski definition) is 5. The first-order valence-electron chi connectivity index (χ1n) is 7.14. The van der Waals surface area contributed by atoms with Crippen LogP contribution >= 0.6 is 0 Å². The van der Waals surface area contributed by atoms with Crippen molar-refractivity contribution in [3.05, 3.63) is 59.7 Å². The summed E-state index contributed by atoms with van der Waals surface area (Å²) in [6.45, 7) is 2.91. The molecule has 0 atom stereocenters. The fourth-order valence-corrected chi connectivity index (χ4v) is 1.94. The van der Waals surface area contributed by atoms with E-state index in [-0.39, 0.29) is 29.3 Å². The van der Waals surface area contributed by atoms with E-state index < -0.39 is 11.9 Å². The predicted molar refractivity (Wildman–Crippen MR) is 83.6 cm³/mol. The third-order valence-corrected chi connectivity index (χ3v) is 3.01. The fraction of sp³-hybridized carbons (Fsp3) is 0.167. The summed E-state index contributed by atoms with van der Waals surface area (Å²) >= 11 is 0. The molecule has 0 radical (unpaired) electrons. The Morgan fingerprint density at radius 1 is 0.957 bits per heavy atom. The Kier molecular flexibility index (Phi) is 5.25. The van der Waals surface area contributed by atoms with Gasteiger partial charge in [0.25, 0.3) is 0 Å². The summed E-state index contributed by atoms with van der Waals surface area (Å²) in [5.74, 6) is -0.979. The van der Waals surface area contributed by atoms with Crippen molar-refractivity contribution in [3.8, 4) is 11.5 Å². The quantitative estimate of drug-likeness (QED) is 0.482. The smallest absolute Gasteiger partial charge is 0.310 e. The van der Waals surface area contributed by atoms with Gasteiger partial charge in [0.15, 0.2) is 5.78 Å². The molecular formula is C18H16O5. The van der Waals surface area contributed by atoms with Gasteiger partial charge >= 0.3 is 11.9 Å². The molecule has 5 heteroatoms. The fourth-order valence-electron chi connectivity index (χ4n) is 1.94. The van der Waals surface area contributed by atoms with Crippen LogP contribution in [-0.4, -0.2) is 17.7 Å². The first kappa shape index (κ1) is 16.4. The third kappa shape index (κ3) is 4.26. The van der Waals surface area contributed by atoms with Gasteiger partial charge in [-0.3, -0.25) is 14.4 Å². The Hall–Kier alpha value is -2.95. The molecule has 23 heavy (non-hydrogen) atoms. The van der Waals surface area contributed by atoms with Crippen LogP contribution in [0.1, 0.15) is 36.2 Å². The highest BCUT2D eigenvalue weighted by Crippen LogP contribution is 2.27. The molecule has 0 fully saturated rings. The van der Waals surface area contributed by atoms with Gasteiger partial charge in [0.1, 0.15) is 11.5 Å². The maximum absolute atomic E-state index is 12.5. The van der Waals surface area contributed by atoms with E-state index in [0.29, 0.717) is 5.56 Å². The van der Waals surface area contributed by atoms with Crippen LogP contribution in [-0.2, 0) is 9.59 Å². The van der Waals surface area contributed by atoms with Gasteiger partial charge in [0, 0.05) is 25.0 Å². The molecule has 0 saturated heterocycles. The average molecular weight is 312 g/mol. The minimum Gasteiger partial charge on any atom is -0.426 e. The van der Waals surface area contributed by atoms with E-state index in [1.807, 2.05) is 0 Å². The van der Waals surface area contributed by atoms with Crippen molar-refractivity contribution < 1.29 is 23.9 Å². The van der Waals surface area contributed by atoms with E-state index >= 15 is 0 Å². The lowest BCUT2D eigenvalue weighted by molar-refractivity contribution is -0.134. The maximum atomic E-state index is 12.5. The van der Waals surface area contributed by atoms with Crippen molar-refractivity contribution in [2.24, 2.45) is 0 Å². The standard InChI is InChI=1S/C18H16O5/c1-3-17(20)23-14-9-10-15(16(11-14)22-12(2)19)18(21)13-7-5-4-6-8-13/h4-11H,3H2,1-2H3. The first-order chi connectivity index (χ1) is 11.0. The molecule has 0 aromatic heterocycles. The molecule has 0 saturated carbocycles. The Labute approximate surface area is 133 Å². The Morgan fingerprint density at radius 3 is 2.26 bits per heavy atom. The van der Waals surface area contributed by atoms with Gasteiger partial charge in [0.05, 0.1) is 5.56 Å². The van der Waals surface area contributed by atoms with Crippen molar-refractivity contribution in [3.63, 3.8) is 0 Å². The van der Waals surface area contributed by atoms with E-state index in [9.17, 15) is 14.4 Å². The van der Waals surface area contributed by atoms with Crippen LogP contribution in [0.5, 0.6) is 11.5 Å². The second-order valence-corrected chi connectivity index (χ2v) is 4.77. The van der Waals surface area contributed by atoms with Crippen LogP contribution in [0.2, 0.25) is 0 Å². The highest BCUT2D eigenvalue weighted by Gasteiger charge is 2.17. The van der Waals surface area contributed by atoms with Crippen molar-refractivity contribution in [1.82, 2.24) is 0 Å². The molecule has 0 aliphatic heterocycles. The van der Waals surface area contributed by atoms with Crippen LogP contribution < -0.4 is 9.47 Å². The summed E-state index contributed by atoms with van der Waals surface area (Å²) in [6, 6.07) is 13.0. The van der Waals surface area contributed by atoms with E-state index in [1.165, 1.54) is 25.1 Å². The van der Waals surface area contributed by atoms with E-state index in [2.05, 4.69) is 0 Å². The lowest BCUT2D eigenvalue weighted by Gasteiger charge is -2.10. The molecule has 0 unspecified atom stereocenters. The molecule has 0 aliphatic carbocycles. The minimum absolute atomic E-state index is 0.0627. The van der Waals surface area contributed by atoms with Crippen molar-refractivity contribution in [2.75, 3.05) is 0 Å². The Bertz CT molecular complexity index is 734. The van der Waals surface area contributed by atoms with Crippen LogP contribution in [0.3, 0.4) is 0 Å². The molecular weight excluding hydrogens is 296 g/mol. The van der Waals surface area contributed by atoms with E-state index in [1.54, 1.807) is 37.3 Å². The third-order valence-electron chi connectivity index (χ3n) is 3.01. The highest BCUT2D eigenvalue weighted by atomic mass is 16.5. The zero-order chi connectivity index (χ0) is 16.8. The molecule has 2 aromatic rings. The summed E-state index contributed by atoms with van der Waals surface area (Å²) in [5.41, 5.74) is 0.696. The largest absolute Gasteiger partial charge is 0.426 e. The maximum Gasteiger partial charge on any atom is 0.310 e. The molecule has 0 heterocycles. The number of carbonyl (C=O) groups is 3. The predicted octanol–water partition coefficient (Wildman–Crippen LogP) is 3.16. The van der Waals surface area contributed by atoms with Gasteiger partial charge in [-0.25, -0.2) is 0 Å². The zero-order valence-corrected chi connectivity index (χ0v) is 12.9. The van der Waals surface area contributed by atoms with E-state index in [4.69, 9.17) is 9.47 Å². The summed E-state index contributed by atoms with van der Waals surface area (Å²) in [4.78, 5) is 35.2. The van der Waals surface area contributed by atoms with E-state index in [0.717, 1.165) is 0 Å². The van der Waals surface area contributed by atoms with Gasteiger partial charge in [-0.15, -0.1) is 0 Å². The number of ether oxygens (including phenoxy) is 2. The monoisotopic (exact) mass is 312 g/mol. The summed E-state index contributed by atoms with van der Waals surface area (Å²) in [6.07, 6.45) is 0.216. The van der Waals surface area contributed by atoms with Gasteiger partial charge < -0.3 is 9.47 Å². The molecule has 0 aliphatic rings. The van der Waals surface area contributed by atoms with Crippen molar-refractivity contribution in [2.45, 2.75) is 20.3 Å². The van der Waals surface area contributed by atoms with Crippen LogP contribution in [0, 0.1) is 0 Å². The number of ketones is 1. The second kappa shape index (κ2) is 7.35. The lowest BCUT2D eigenvalue weighted by Crippen LogP contribution is -2.10. The van der Waals surface area contributed by atoms with Gasteiger partial charge in [-0.1, -0.05) is 37.3 Å². The number of hydrogen-bond donors (Lipinski definition) is 0. The molecule has 2 aromatic carbocycles. The highest BCUT2D eigenvalue weighted by molar-refractivity contribution is 6.11. The normalized spacial score (nSPS) is 10.0. The first-order valence-corrected chi connectivity index (χ1v) is 7.14. The molecule has 0 amide bonds. The number of benzene rings is 2. The molecule has 5 nitrogen and oxygen atoms in total. The van der Waals surface area contributed by atoms with Crippen molar-refractivity contribution >= 4 is 17.7 Å². The minimum atomic E-state index is -0.564. The molecule has 0 N–H and O–H groups in total. The van der Waals surface area contributed by atoms with Crippen LogP contribution in [0.15, 0.2) is 48.5 Å². The topological polar surface area (TPSA) is 69.7 Å². The zero-order valence-electron chi connectivity index (χ0n) is 12.9. The summed E-state index contributed by atoms with van der Waals surface area (Å²) in [5, 5.41) is 0. The summed E-state index contributed by atoms with van der Waals surface area (Å²) in [7, 11) is 0. The second-order valence-electron chi connectivity index (χ2n) is 4.77. The molecule has 2 rings (SSSR count). The van der Waals surface area contributed by atoms with Crippen LogP contribution in [0.25, 0.3) is 0 Å². The van der Waals surface area contributed by atoms with Crippen LogP contribution in [0.4, 0.5) is 0 Å². The van der Waals surface area contributed by atoms with Gasteiger partial charge in [-0.05, 0) is 12.1 Å². The summed E-state index contributed by atoms with van der Waals surface area (Å²) < 4.78 is 10.2.